The number of amides is 1. The summed E-state index contributed by atoms with van der Waals surface area (Å²) < 4.78 is 0. The van der Waals surface area contributed by atoms with Crippen LogP contribution in [0.1, 0.15) is 29.5 Å². The normalized spacial score (nSPS) is 10.1. The Kier molecular flexibility index (Phi) is 4.26. The Morgan fingerprint density at radius 3 is 2.12 bits per heavy atom. The van der Waals surface area contributed by atoms with Crippen LogP contribution >= 0.6 is 0 Å². The van der Waals surface area contributed by atoms with Crippen LogP contribution in [0.3, 0.4) is 0 Å². The summed E-state index contributed by atoms with van der Waals surface area (Å²) in [7, 11) is 0. The van der Waals surface area contributed by atoms with Gasteiger partial charge in [0.1, 0.15) is 0 Å². The number of aliphatic carboxylic acids is 1. The van der Waals surface area contributed by atoms with Crippen LogP contribution < -0.4 is 10.4 Å². The van der Waals surface area contributed by atoms with Gasteiger partial charge in [0.25, 0.3) is 0 Å². The molecule has 0 aliphatic heterocycles. The lowest BCUT2D eigenvalue weighted by molar-refractivity contribution is -0.305. The van der Waals surface area contributed by atoms with Gasteiger partial charge in [-0.25, -0.2) is 0 Å². The van der Waals surface area contributed by atoms with Gasteiger partial charge in [-0.3, -0.25) is 4.79 Å². The molecule has 0 unspecified atom stereocenters. The van der Waals surface area contributed by atoms with Crippen molar-refractivity contribution >= 4 is 17.6 Å². The predicted molar refractivity (Wildman–Crippen MR) is 63.5 cm³/mol. The van der Waals surface area contributed by atoms with Crippen LogP contribution in [0.5, 0.6) is 0 Å². The molecule has 1 aromatic carbocycles. The molecule has 0 saturated heterocycles. The van der Waals surface area contributed by atoms with E-state index in [-0.39, 0.29) is 18.7 Å². The van der Waals surface area contributed by atoms with Gasteiger partial charge in [0, 0.05) is 18.1 Å². The second kappa shape index (κ2) is 5.48. The number of hydrogen-bond acceptors (Lipinski definition) is 3. The first-order chi connectivity index (χ1) is 7.90. The molecule has 0 aromatic heterocycles. The lowest BCUT2D eigenvalue weighted by Crippen LogP contribution is -2.24. The first kappa shape index (κ1) is 13.2. The van der Waals surface area contributed by atoms with Gasteiger partial charge in [0.05, 0.1) is 0 Å². The molecule has 0 aliphatic carbocycles. The summed E-state index contributed by atoms with van der Waals surface area (Å²) in [6.45, 7) is 5.81. The number of carbonyl (C=O) groups is 2. The second-order valence-electron chi connectivity index (χ2n) is 4.19. The molecule has 0 bridgehead atoms. The number of carboxylic acids is 1. The fourth-order valence-corrected chi connectivity index (χ4v) is 1.79. The highest BCUT2D eigenvalue weighted by Crippen LogP contribution is 2.22. The molecule has 1 N–H and O–H groups in total. The van der Waals surface area contributed by atoms with Gasteiger partial charge in [-0.15, -0.1) is 0 Å². The van der Waals surface area contributed by atoms with Crippen molar-refractivity contribution in [2.24, 2.45) is 0 Å². The minimum Gasteiger partial charge on any atom is -0.550 e. The Morgan fingerprint density at radius 1 is 1.12 bits per heavy atom. The van der Waals surface area contributed by atoms with E-state index in [1.165, 1.54) is 0 Å². The lowest BCUT2D eigenvalue weighted by atomic mass is 10.0. The Bertz CT molecular complexity index is 429. The molecule has 1 aromatic rings. The maximum absolute atomic E-state index is 11.5. The van der Waals surface area contributed by atoms with Gasteiger partial charge in [-0.05, 0) is 38.3 Å². The first-order valence-electron chi connectivity index (χ1n) is 5.47. The van der Waals surface area contributed by atoms with Crippen molar-refractivity contribution in [3.8, 4) is 0 Å². The lowest BCUT2D eigenvalue weighted by Gasteiger charge is -2.12. The van der Waals surface area contributed by atoms with E-state index in [1.807, 2.05) is 32.9 Å². The highest BCUT2D eigenvalue weighted by molar-refractivity contribution is 5.93. The molecule has 17 heavy (non-hydrogen) atoms. The van der Waals surface area contributed by atoms with Gasteiger partial charge < -0.3 is 15.2 Å². The third-order valence-corrected chi connectivity index (χ3v) is 2.50. The zero-order valence-electron chi connectivity index (χ0n) is 10.3. The van der Waals surface area contributed by atoms with Gasteiger partial charge in [-0.1, -0.05) is 17.7 Å². The van der Waals surface area contributed by atoms with E-state index in [1.54, 1.807) is 0 Å². The van der Waals surface area contributed by atoms with E-state index in [0.717, 1.165) is 22.4 Å². The summed E-state index contributed by atoms with van der Waals surface area (Å²) in [5, 5.41) is 13.0. The molecule has 4 heteroatoms. The number of benzene rings is 1. The average molecular weight is 234 g/mol. The molecule has 0 atom stereocenters. The molecule has 0 heterocycles. The SMILES string of the molecule is Cc1cc(C)c(NC(=O)CCC(=O)[O-])c(C)c1. The minimum absolute atomic E-state index is 0.0604. The van der Waals surface area contributed by atoms with Crippen LogP contribution in [0.25, 0.3) is 0 Å². The van der Waals surface area contributed by atoms with Crippen LogP contribution in [0, 0.1) is 20.8 Å². The van der Waals surface area contributed by atoms with Crippen molar-refractivity contribution in [1.29, 1.82) is 0 Å². The number of nitrogens with one attached hydrogen (secondary N) is 1. The Hall–Kier alpha value is -1.84. The molecular weight excluding hydrogens is 218 g/mol. The van der Waals surface area contributed by atoms with Crippen LogP contribution in [0.4, 0.5) is 5.69 Å². The van der Waals surface area contributed by atoms with Crippen molar-refractivity contribution in [3.63, 3.8) is 0 Å². The van der Waals surface area contributed by atoms with Crippen LogP contribution in [-0.2, 0) is 9.59 Å². The van der Waals surface area contributed by atoms with Crippen molar-refractivity contribution < 1.29 is 14.7 Å². The van der Waals surface area contributed by atoms with Gasteiger partial charge in [-0.2, -0.15) is 0 Å². The molecule has 92 valence electrons. The summed E-state index contributed by atoms with van der Waals surface area (Å²) in [5.74, 6) is -1.51. The summed E-state index contributed by atoms with van der Waals surface area (Å²) in [4.78, 5) is 21.7. The molecule has 0 saturated carbocycles. The zero-order valence-corrected chi connectivity index (χ0v) is 10.3. The summed E-state index contributed by atoms with van der Waals surface area (Å²) in [6, 6.07) is 3.95. The number of carboxylic acid groups (broad SMARTS) is 1. The van der Waals surface area contributed by atoms with Gasteiger partial charge >= 0.3 is 0 Å². The number of carbonyl (C=O) groups excluding carboxylic acids is 2. The predicted octanol–water partition coefficient (Wildman–Crippen LogP) is 1.08. The largest absolute Gasteiger partial charge is 0.550 e. The maximum atomic E-state index is 11.5. The van der Waals surface area contributed by atoms with Crippen LogP contribution in [0.2, 0.25) is 0 Å². The van der Waals surface area contributed by atoms with Gasteiger partial charge in [0.15, 0.2) is 0 Å². The number of aryl methyl sites for hydroxylation is 3. The Morgan fingerprint density at radius 2 is 1.65 bits per heavy atom. The van der Waals surface area contributed by atoms with Crippen LogP contribution in [0.15, 0.2) is 12.1 Å². The highest BCUT2D eigenvalue weighted by atomic mass is 16.4. The van der Waals surface area contributed by atoms with Crippen molar-refractivity contribution in [3.05, 3.63) is 28.8 Å². The highest BCUT2D eigenvalue weighted by Gasteiger charge is 2.08. The summed E-state index contributed by atoms with van der Waals surface area (Å²) in [6.07, 6.45) is -0.315. The number of hydrogen-bond donors (Lipinski definition) is 1. The topological polar surface area (TPSA) is 69.2 Å². The maximum Gasteiger partial charge on any atom is 0.224 e. The Balaban J connectivity index is 2.75. The molecule has 4 nitrogen and oxygen atoms in total. The van der Waals surface area contributed by atoms with E-state index in [0.29, 0.717) is 0 Å². The zero-order chi connectivity index (χ0) is 13.0. The molecular formula is C13H16NO3-. The monoisotopic (exact) mass is 234 g/mol. The van der Waals surface area contributed by atoms with E-state index >= 15 is 0 Å². The van der Waals surface area contributed by atoms with Crippen molar-refractivity contribution in [2.75, 3.05) is 5.32 Å². The summed E-state index contributed by atoms with van der Waals surface area (Å²) >= 11 is 0. The molecule has 0 fully saturated rings. The third-order valence-electron chi connectivity index (χ3n) is 2.50. The van der Waals surface area contributed by atoms with E-state index < -0.39 is 5.97 Å². The molecule has 0 radical (unpaired) electrons. The smallest absolute Gasteiger partial charge is 0.224 e. The quantitative estimate of drug-likeness (QED) is 0.847. The minimum atomic E-state index is -1.21. The van der Waals surface area contributed by atoms with Crippen molar-refractivity contribution in [2.45, 2.75) is 33.6 Å². The van der Waals surface area contributed by atoms with Crippen molar-refractivity contribution in [1.82, 2.24) is 0 Å². The Labute approximate surface area is 101 Å². The fourth-order valence-electron chi connectivity index (χ4n) is 1.79. The molecule has 1 rings (SSSR count). The van der Waals surface area contributed by atoms with E-state index in [4.69, 9.17) is 0 Å². The van der Waals surface area contributed by atoms with E-state index in [9.17, 15) is 14.7 Å². The molecule has 1 amide bonds. The van der Waals surface area contributed by atoms with Gasteiger partial charge in [0.2, 0.25) is 5.91 Å². The molecule has 0 spiro atoms. The molecule has 0 aliphatic rings. The fraction of sp³-hybridized carbons (Fsp3) is 0.385. The van der Waals surface area contributed by atoms with E-state index in [2.05, 4.69) is 5.32 Å². The number of anilines is 1. The standard InChI is InChI=1S/C13H17NO3/c1-8-6-9(2)13(10(3)7-8)14-11(15)4-5-12(16)17/h6-7H,4-5H2,1-3H3,(H,14,15)(H,16,17)/p-1. The summed E-state index contributed by atoms with van der Waals surface area (Å²) in [5.41, 5.74) is 3.85. The average Bonchev–Trinajstić information content (AvgIpc) is 2.20. The second-order valence-corrected chi connectivity index (χ2v) is 4.19. The first-order valence-corrected chi connectivity index (χ1v) is 5.47. The number of rotatable bonds is 4. The third kappa shape index (κ3) is 3.90. The van der Waals surface area contributed by atoms with Crippen LogP contribution in [-0.4, -0.2) is 11.9 Å².